The topological polar surface area (TPSA) is 62.3 Å². The predicted molar refractivity (Wildman–Crippen MR) is 123 cm³/mol. The van der Waals surface area contributed by atoms with E-state index in [-0.39, 0.29) is 17.1 Å². The predicted octanol–water partition coefficient (Wildman–Crippen LogP) is 5.60. The summed E-state index contributed by atoms with van der Waals surface area (Å²) in [4.78, 5) is 34.2. The number of hydrogen-bond acceptors (Lipinski definition) is 5. The second-order valence-electron chi connectivity index (χ2n) is 8.80. The summed E-state index contributed by atoms with van der Waals surface area (Å²) < 4.78 is 0. The van der Waals surface area contributed by atoms with Gasteiger partial charge in [-0.05, 0) is 41.0 Å². The van der Waals surface area contributed by atoms with Crippen LogP contribution in [0.5, 0.6) is 0 Å². The molecule has 0 saturated carbocycles. The lowest BCUT2D eigenvalue weighted by Crippen LogP contribution is -2.39. The number of carbonyl (C=O) groups excluding carboxylic acids is 2. The highest BCUT2D eigenvalue weighted by atomic mass is 32.1. The molecule has 1 atom stereocenters. The molecule has 3 aromatic rings. The molecule has 2 aromatic heterocycles. The van der Waals surface area contributed by atoms with Crippen molar-refractivity contribution in [3.8, 4) is 0 Å². The van der Waals surface area contributed by atoms with E-state index in [0.717, 1.165) is 23.4 Å². The molecule has 1 unspecified atom stereocenters. The van der Waals surface area contributed by atoms with Crippen molar-refractivity contribution < 1.29 is 9.59 Å². The zero-order valence-corrected chi connectivity index (χ0v) is 18.3. The van der Waals surface area contributed by atoms with Crippen LogP contribution in [0, 0.1) is 5.41 Å². The van der Waals surface area contributed by atoms with Crippen LogP contribution in [-0.2, 0) is 4.79 Å². The number of anilines is 2. The normalized spacial score (nSPS) is 19.9. The minimum atomic E-state index is -0.543. The summed E-state index contributed by atoms with van der Waals surface area (Å²) in [7, 11) is 0. The molecule has 6 heteroatoms. The van der Waals surface area contributed by atoms with Gasteiger partial charge < -0.3 is 5.32 Å². The molecule has 3 heterocycles. The third-order valence-electron chi connectivity index (χ3n) is 5.82. The van der Waals surface area contributed by atoms with Gasteiger partial charge in [-0.15, -0.1) is 11.3 Å². The summed E-state index contributed by atoms with van der Waals surface area (Å²) in [6.45, 7) is 4.22. The van der Waals surface area contributed by atoms with Crippen molar-refractivity contribution in [3.63, 3.8) is 0 Å². The van der Waals surface area contributed by atoms with Gasteiger partial charge in [-0.1, -0.05) is 50.2 Å². The number of aromatic nitrogens is 1. The molecule has 31 heavy (non-hydrogen) atoms. The molecular weight excluding hydrogens is 406 g/mol. The number of thiophene rings is 1. The number of fused-ring (bicyclic) bond motifs is 1. The van der Waals surface area contributed by atoms with Crippen molar-refractivity contribution in [1.82, 2.24) is 4.98 Å². The molecule has 2 aliphatic rings. The standard InChI is InChI=1S/C25H23N3O2S/c1-25(2)14-18-21(19(29)15-25)22(16-8-4-3-5-9-16)28(24(30)20-11-7-13-31-20)23-17(27-18)10-6-12-26-23/h3-13,22,27H,14-15H2,1-2H3. The summed E-state index contributed by atoms with van der Waals surface area (Å²) in [5, 5.41) is 5.37. The van der Waals surface area contributed by atoms with Crippen LogP contribution >= 0.6 is 11.3 Å². The number of rotatable bonds is 2. The van der Waals surface area contributed by atoms with E-state index in [1.54, 1.807) is 11.1 Å². The summed E-state index contributed by atoms with van der Waals surface area (Å²) in [5.41, 5.74) is 3.02. The van der Waals surface area contributed by atoms with Crippen LogP contribution in [0.1, 0.15) is 48.0 Å². The number of allylic oxidation sites excluding steroid dienone is 1. The Morgan fingerprint density at radius 3 is 2.65 bits per heavy atom. The molecule has 0 bridgehead atoms. The Balaban J connectivity index is 1.79. The van der Waals surface area contributed by atoms with E-state index in [9.17, 15) is 9.59 Å². The highest BCUT2D eigenvalue weighted by Crippen LogP contribution is 2.48. The van der Waals surface area contributed by atoms with E-state index >= 15 is 0 Å². The van der Waals surface area contributed by atoms with Crippen LogP contribution in [0.4, 0.5) is 11.5 Å². The average molecular weight is 430 g/mol. The molecule has 1 N–H and O–H groups in total. The van der Waals surface area contributed by atoms with Crippen molar-refractivity contribution in [2.24, 2.45) is 5.41 Å². The Morgan fingerprint density at radius 2 is 1.90 bits per heavy atom. The minimum absolute atomic E-state index is 0.0735. The maximum absolute atomic E-state index is 13.8. The number of Topliss-reactive ketones (excluding diaryl/α,β-unsaturated/α-hetero) is 1. The van der Waals surface area contributed by atoms with Crippen molar-refractivity contribution >= 4 is 34.5 Å². The lowest BCUT2D eigenvalue weighted by Gasteiger charge is -2.36. The largest absolute Gasteiger partial charge is 0.355 e. The zero-order chi connectivity index (χ0) is 21.6. The number of ketones is 1. The van der Waals surface area contributed by atoms with Crippen molar-refractivity contribution in [1.29, 1.82) is 0 Å². The lowest BCUT2D eigenvalue weighted by atomic mass is 9.73. The Hall–Kier alpha value is -3.25. The SMILES string of the molecule is CC1(C)CC(=O)C2=C(C1)Nc1cccnc1N(C(=O)c1cccs1)C2c1ccccc1. The van der Waals surface area contributed by atoms with E-state index in [2.05, 4.69) is 24.1 Å². The zero-order valence-electron chi connectivity index (χ0n) is 17.5. The van der Waals surface area contributed by atoms with Crippen LogP contribution in [0.15, 0.2) is 77.4 Å². The maximum atomic E-state index is 13.8. The molecule has 0 fully saturated rings. The Labute approximate surface area is 185 Å². The molecule has 0 saturated heterocycles. The number of nitrogens with one attached hydrogen (secondary N) is 1. The molecule has 0 spiro atoms. The van der Waals surface area contributed by atoms with E-state index in [1.807, 2.05) is 60.0 Å². The van der Waals surface area contributed by atoms with Gasteiger partial charge in [-0.2, -0.15) is 0 Å². The number of pyridine rings is 1. The number of benzene rings is 1. The van der Waals surface area contributed by atoms with Crippen LogP contribution in [0.2, 0.25) is 0 Å². The summed E-state index contributed by atoms with van der Waals surface area (Å²) in [6.07, 6.45) is 2.86. The fraction of sp³-hybridized carbons (Fsp3) is 0.240. The number of carbonyl (C=O) groups is 2. The van der Waals surface area contributed by atoms with Gasteiger partial charge in [0.1, 0.15) is 0 Å². The molecule has 1 aliphatic heterocycles. The molecular formula is C25H23N3O2S. The van der Waals surface area contributed by atoms with Gasteiger partial charge >= 0.3 is 0 Å². The summed E-state index contributed by atoms with van der Waals surface area (Å²) >= 11 is 1.39. The van der Waals surface area contributed by atoms with Crippen LogP contribution in [0.25, 0.3) is 0 Å². The molecule has 0 radical (unpaired) electrons. The molecule has 156 valence electrons. The monoisotopic (exact) mass is 429 g/mol. The van der Waals surface area contributed by atoms with Gasteiger partial charge in [0, 0.05) is 23.9 Å². The van der Waals surface area contributed by atoms with Crippen LogP contribution in [-0.4, -0.2) is 16.7 Å². The molecule has 5 nitrogen and oxygen atoms in total. The van der Waals surface area contributed by atoms with Crippen molar-refractivity contribution in [2.45, 2.75) is 32.7 Å². The van der Waals surface area contributed by atoms with Gasteiger partial charge in [0.2, 0.25) is 0 Å². The van der Waals surface area contributed by atoms with Gasteiger partial charge in [-0.3, -0.25) is 14.5 Å². The third kappa shape index (κ3) is 3.47. The van der Waals surface area contributed by atoms with E-state index < -0.39 is 6.04 Å². The first-order valence-corrected chi connectivity index (χ1v) is 11.2. The Morgan fingerprint density at radius 1 is 1.10 bits per heavy atom. The second kappa shape index (κ2) is 7.46. The van der Waals surface area contributed by atoms with E-state index in [0.29, 0.717) is 22.7 Å². The fourth-order valence-corrected chi connectivity index (χ4v) is 5.21. The highest BCUT2D eigenvalue weighted by Gasteiger charge is 2.44. The van der Waals surface area contributed by atoms with Crippen LogP contribution < -0.4 is 10.2 Å². The fourth-order valence-electron chi connectivity index (χ4n) is 4.55. The molecule has 1 aliphatic carbocycles. The summed E-state index contributed by atoms with van der Waals surface area (Å²) in [6, 6.07) is 16.7. The first-order chi connectivity index (χ1) is 14.9. The van der Waals surface area contributed by atoms with Gasteiger partial charge in [0.05, 0.1) is 16.6 Å². The second-order valence-corrected chi connectivity index (χ2v) is 9.75. The first kappa shape index (κ1) is 19.7. The minimum Gasteiger partial charge on any atom is -0.355 e. The van der Waals surface area contributed by atoms with E-state index in [4.69, 9.17) is 0 Å². The number of nitrogens with zero attached hydrogens (tertiary/aromatic N) is 2. The number of amides is 1. The Kier molecular flexibility index (Phi) is 4.74. The lowest BCUT2D eigenvalue weighted by molar-refractivity contribution is -0.118. The van der Waals surface area contributed by atoms with Gasteiger partial charge in [0.15, 0.2) is 11.6 Å². The van der Waals surface area contributed by atoms with E-state index in [1.165, 1.54) is 11.3 Å². The molecule has 5 rings (SSSR count). The molecule has 1 amide bonds. The smallest absolute Gasteiger partial charge is 0.270 e. The van der Waals surface area contributed by atoms with Gasteiger partial charge in [0.25, 0.3) is 5.91 Å². The quantitative estimate of drug-likeness (QED) is 0.576. The van der Waals surface area contributed by atoms with Crippen molar-refractivity contribution in [2.75, 3.05) is 10.2 Å². The molecule has 1 aromatic carbocycles. The first-order valence-electron chi connectivity index (χ1n) is 10.3. The van der Waals surface area contributed by atoms with Gasteiger partial charge in [-0.25, -0.2) is 4.98 Å². The Bertz CT molecular complexity index is 1180. The number of hydrogen-bond donors (Lipinski definition) is 1. The maximum Gasteiger partial charge on any atom is 0.270 e. The summed E-state index contributed by atoms with van der Waals surface area (Å²) in [5.74, 6) is 0.455. The highest BCUT2D eigenvalue weighted by molar-refractivity contribution is 7.12. The van der Waals surface area contributed by atoms with Crippen molar-refractivity contribution in [3.05, 3.63) is 87.9 Å². The average Bonchev–Trinajstić information content (AvgIpc) is 3.23. The third-order valence-corrected chi connectivity index (χ3v) is 6.68. The van der Waals surface area contributed by atoms with Crippen LogP contribution in [0.3, 0.4) is 0 Å².